The number of benzene rings is 1. The standard InChI is InChI=1S/C15H18F2N2O2/c1-2-3-12(19-8-6-18-7-9-19)11-4-5-13-14(10-11)21-15(16,17)20-13/h2,4-5,10,12,18H,1,3,6-9H2/t12-/m1/s1. The quantitative estimate of drug-likeness (QED) is 0.866. The van der Waals surface area contributed by atoms with Crippen molar-refractivity contribution in [2.75, 3.05) is 26.2 Å². The number of hydrogen-bond donors (Lipinski definition) is 1. The van der Waals surface area contributed by atoms with Gasteiger partial charge in [0, 0.05) is 32.2 Å². The molecule has 0 aromatic heterocycles. The van der Waals surface area contributed by atoms with Gasteiger partial charge in [0.25, 0.3) is 0 Å². The van der Waals surface area contributed by atoms with Crippen LogP contribution in [0.3, 0.4) is 0 Å². The van der Waals surface area contributed by atoms with Crippen molar-refractivity contribution in [1.29, 1.82) is 0 Å². The number of nitrogens with one attached hydrogen (secondary N) is 1. The highest BCUT2D eigenvalue weighted by atomic mass is 19.3. The molecule has 0 radical (unpaired) electrons. The average molecular weight is 296 g/mol. The van der Waals surface area contributed by atoms with E-state index in [0.717, 1.165) is 38.2 Å². The van der Waals surface area contributed by atoms with E-state index in [1.165, 1.54) is 0 Å². The predicted octanol–water partition coefficient (Wildman–Crippen LogP) is 2.53. The summed E-state index contributed by atoms with van der Waals surface area (Å²) in [6.07, 6.45) is -0.953. The van der Waals surface area contributed by atoms with Crippen LogP contribution in [0.4, 0.5) is 8.78 Å². The zero-order valence-electron chi connectivity index (χ0n) is 11.6. The van der Waals surface area contributed by atoms with Gasteiger partial charge in [-0.05, 0) is 24.1 Å². The Labute approximate surface area is 122 Å². The second-order valence-electron chi connectivity index (χ2n) is 5.20. The van der Waals surface area contributed by atoms with Gasteiger partial charge in [-0.1, -0.05) is 12.1 Å². The molecule has 0 aliphatic carbocycles. The van der Waals surface area contributed by atoms with Gasteiger partial charge in [0.15, 0.2) is 11.5 Å². The molecule has 1 aromatic rings. The van der Waals surface area contributed by atoms with Crippen LogP contribution in [-0.2, 0) is 0 Å². The van der Waals surface area contributed by atoms with Crippen LogP contribution in [0.1, 0.15) is 18.0 Å². The summed E-state index contributed by atoms with van der Waals surface area (Å²) >= 11 is 0. The molecule has 1 fully saturated rings. The number of hydrogen-bond acceptors (Lipinski definition) is 4. The molecule has 0 bridgehead atoms. The van der Waals surface area contributed by atoms with Crippen LogP contribution in [0.2, 0.25) is 0 Å². The number of nitrogens with zero attached hydrogens (tertiary/aromatic N) is 1. The summed E-state index contributed by atoms with van der Waals surface area (Å²) in [5.41, 5.74) is 0.942. The van der Waals surface area contributed by atoms with Gasteiger partial charge >= 0.3 is 6.29 Å². The number of fused-ring (bicyclic) bond motifs is 1. The van der Waals surface area contributed by atoms with Crippen LogP contribution in [0.5, 0.6) is 11.5 Å². The maximum absolute atomic E-state index is 13.1. The molecule has 3 rings (SSSR count). The zero-order chi connectivity index (χ0) is 14.9. The van der Waals surface area contributed by atoms with E-state index in [1.807, 2.05) is 12.1 Å². The zero-order valence-corrected chi connectivity index (χ0v) is 11.6. The van der Waals surface area contributed by atoms with Crippen molar-refractivity contribution in [2.45, 2.75) is 18.8 Å². The van der Waals surface area contributed by atoms with Crippen molar-refractivity contribution in [3.63, 3.8) is 0 Å². The van der Waals surface area contributed by atoms with Gasteiger partial charge in [-0.3, -0.25) is 4.90 Å². The van der Waals surface area contributed by atoms with Gasteiger partial charge in [0.05, 0.1) is 0 Å². The molecule has 0 saturated carbocycles. The summed E-state index contributed by atoms with van der Waals surface area (Å²) in [6.45, 7) is 7.49. The van der Waals surface area contributed by atoms with Crippen molar-refractivity contribution < 1.29 is 18.3 Å². The minimum absolute atomic E-state index is 0.0846. The van der Waals surface area contributed by atoms with Gasteiger partial charge in [0.1, 0.15) is 0 Å². The maximum atomic E-state index is 13.1. The second kappa shape index (κ2) is 5.61. The molecule has 114 valence electrons. The van der Waals surface area contributed by atoms with Crippen molar-refractivity contribution in [3.05, 3.63) is 36.4 Å². The second-order valence-corrected chi connectivity index (χ2v) is 5.20. The molecule has 0 unspecified atom stereocenters. The fourth-order valence-electron chi connectivity index (χ4n) is 2.82. The fourth-order valence-corrected chi connectivity index (χ4v) is 2.82. The minimum atomic E-state index is -3.57. The van der Waals surface area contributed by atoms with Crippen LogP contribution in [0, 0.1) is 0 Å². The molecule has 2 heterocycles. The van der Waals surface area contributed by atoms with E-state index in [9.17, 15) is 8.78 Å². The highest BCUT2D eigenvalue weighted by molar-refractivity contribution is 5.46. The largest absolute Gasteiger partial charge is 0.586 e. The first kappa shape index (κ1) is 14.3. The van der Waals surface area contributed by atoms with Gasteiger partial charge in [0.2, 0.25) is 0 Å². The van der Waals surface area contributed by atoms with Gasteiger partial charge in [-0.15, -0.1) is 15.4 Å². The third-order valence-electron chi connectivity index (χ3n) is 3.79. The third-order valence-corrected chi connectivity index (χ3v) is 3.79. The molecule has 0 amide bonds. The van der Waals surface area contributed by atoms with Gasteiger partial charge in [-0.25, -0.2) is 0 Å². The molecular weight excluding hydrogens is 278 g/mol. The number of rotatable bonds is 4. The van der Waals surface area contributed by atoms with Crippen molar-refractivity contribution in [2.24, 2.45) is 0 Å². The molecule has 2 aliphatic heterocycles. The van der Waals surface area contributed by atoms with E-state index in [4.69, 9.17) is 0 Å². The first-order chi connectivity index (χ1) is 10.1. The fraction of sp³-hybridized carbons (Fsp3) is 0.467. The normalized spacial score (nSPS) is 22.0. The number of halogens is 2. The minimum Gasteiger partial charge on any atom is -0.395 e. The molecule has 1 atom stereocenters. The number of piperazine rings is 1. The first-order valence-corrected chi connectivity index (χ1v) is 7.04. The van der Waals surface area contributed by atoms with Gasteiger partial charge < -0.3 is 14.8 Å². The lowest BCUT2D eigenvalue weighted by atomic mass is 10.0. The number of alkyl halides is 2. The van der Waals surface area contributed by atoms with E-state index in [-0.39, 0.29) is 17.5 Å². The van der Waals surface area contributed by atoms with Crippen molar-refractivity contribution in [1.82, 2.24) is 10.2 Å². The molecule has 1 aromatic carbocycles. The maximum Gasteiger partial charge on any atom is 0.586 e. The highest BCUT2D eigenvalue weighted by Crippen LogP contribution is 2.43. The topological polar surface area (TPSA) is 33.7 Å². The van der Waals surface area contributed by atoms with Crippen LogP contribution in [0.15, 0.2) is 30.9 Å². The molecule has 6 heteroatoms. The lowest BCUT2D eigenvalue weighted by Gasteiger charge is -2.34. The van der Waals surface area contributed by atoms with E-state index in [2.05, 4.69) is 26.3 Å². The molecular formula is C15H18F2N2O2. The molecule has 2 aliphatic rings. The van der Waals surface area contributed by atoms with E-state index in [0.29, 0.717) is 0 Å². The predicted molar refractivity (Wildman–Crippen MR) is 74.6 cm³/mol. The molecule has 0 spiro atoms. The molecule has 4 nitrogen and oxygen atoms in total. The summed E-state index contributed by atoms with van der Waals surface area (Å²) in [7, 11) is 0. The van der Waals surface area contributed by atoms with Crippen molar-refractivity contribution >= 4 is 0 Å². The SMILES string of the molecule is C=CC[C@H](c1ccc2c(c1)OC(F)(F)O2)N1CCNCC1. The Morgan fingerprint density at radius 2 is 2.00 bits per heavy atom. The lowest BCUT2D eigenvalue weighted by molar-refractivity contribution is -0.286. The summed E-state index contributed by atoms with van der Waals surface area (Å²) in [4.78, 5) is 2.33. The van der Waals surface area contributed by atoms with Crippen LogP contribution >= 0.6 is 0 Å². The summed E-state index contributed by atoms with van der Waals surface area (Å²) in [5, 5.41) is 3.30. The molecule has 21 heavy (non-hydrogen) atoms. The smallest absolute Gasteiger partial charge is 0.395 e. The van der Waals surface area contributed by atoms with E-state index in [1.54, 1.807) is 12.1 Å². The Hall–Kier alpha value is -1.66. The van der Waals surface area contributed by atoms with Crippen molar-refractivity contribution in [3.8, 4) is 11.5 Å². The monoisotopic (exact) mass is 296 g/mol. The Bertz CT molecular complexity index is 530. The average Bonchev–Trinajstić information content (AvgIpc) is 2.78. The van der Waals surface area contributed by atoms with Crippen LogP contribution < -0.4 is 14.8 Å². The summed E-state index contributed by atoms with van der Waals surface area (Å²) < 4.78 is 35.2. The Morgan fingerprint density at radius 1 is 1.29 bits per heavy atom. The highest BCUT2D eigenvalue weighted by Gasteiger charge is 2.43. The Morgan fingerprint density at radius 3 is 2.71 bits per heavy atom. The summed E-state index contributed by atoms with van der Waals surface area (Å²) in [5.74, 6) is 0.183. The third kappa shape index (κ3) is 3.01. The van der Waals surface area contributed by atoms with E-state index < -0.39 is 6.29 Å². The van der Waals surface area contributed by atoms with Gasteiger partial charge in [-0.2, -0.15) is 0 Å². The summed E-state index contributed by atoms with van der Waals surface area (Å²) in [6, 6.07) is 5.13. The van der Waals surface area contributed by atoms with Crippen LogP contribution in [-0.4, -0.2) is 37.4 Å². The van der Waals surface area contributed by atoms with Crippen LogP contribution in [0.25, 0.3) is 0 Å². The number of ether oxygens (including phenoxy) is 2. The lowest BCUT2D eigenvalue weighted by Crippen LogP contribution is -2.45. The molecule has 1 saturated heterocycles. The molecule has 1 N–H and O–H groups in total. The Kier molecular flexibility index (Phi) is 3.82. The first-order valence-electron chi connectivity index (χ1n) is 7.04. The Balaban J connectivity index is 1.85. The van der Waals surface area contributed by atoms with E-state index >= 15 is 0 Å².